The molecule has 0 aliphatic rings. The molecule has 0 aromatic carbocycles. The van der Waals surface area contributed by atoms with Gasteiger partial charge in [-0.25, -0.2) is 0 Å². The number of thiophene rings is 1. The number of amides is 1. The summed E-state index contributed by atoms with van der Waals surface area (Å²) in [5.41, 5.74) is 1.95. The zero-order valence-corrected chi connectivity index (χ0v) is 14.5. The van der Waals surface area contributed by atoms with Gasteiger partial charge in [0.25, 0.3) is 11.1 Å². The first-order valence-electron chi connectivity index (χ1n) is 6.84. The van der Waals surface area contributed by atoms with Crippen LogP contribution >= 0.6 is 23.1 Å². The van der Waals surface area contributed by atoms with Crippen LogP contribution in [0.3, 0.4) is 0 Å². The maximum absolute atomic E-state index is 12.0. The summed E-state index contributed by atoms with van der Waals surface area (Å²) in [6.07, 6.45) is 0. The minimum absolute atomic E-state index is 0.148. The van der Waals surface area contributed by atoms with Gasteiger partial charge in [0.2, 0.25) is 5.91 Å². The maximum Gasteiger partial charge on any atom is 0.277 e. The molecule has 0 atom stereocenters. The summed E-state index contributed by atoms with van der Waals surface area (Å²) in [5.74, 6) is 1.19. The highest BCUT2D eigenvalue weighted by Gasteiger charge is 2.14. The molecule has 120 valence electrons. The molecule has 0 saturated carbocycles. The van der Waals surface area contributed by atoms with Gasteiger partial charge in [-0.2, -0.15) is 5.10 Å². The highest BCUT2D eigenvalue weighted by Crippen LogP contribution is 2.29. The zero-order valence-electron chi connectivity index (χ0n) is 12.9. The van der Waals surface area contributed by atoms with Crippen LogP contribution in [-0.2, 0) is 11.8 Å². The van der Waals surface area contributed by atoms with Crippen LogP contribution in [-0.4, -0.2) is 31.6 Å². The average molecular weight is 349 g/mol. The molecular formula is C14H15N5O2S2. The minimum Gasteiger partial charge on any atom is -0.410 e. The van der Waals surface area contributed by atoms with Gasteiger partial charge in [-0.3, -0.25) is 9.48 Å². The van der Waals surface area contributed by atoms with E-state index in [1.165, 1.54) is 11.8 Å². The van der Waals surface area contributed by atoms with Crippen molar-refractivity contribution in [3.05, 3.63) is 28.8 Å². The second kappa shape index (κ2) is 6.55. The molecule has 0 aliphatic heterocycles. The van der Waals surface area contributed by atoms with E-state index in [2.05, 4.69) is 20.6 Å². The Bertz CT molecular complexity index is 836. The molecule has 9 heteroatoms. The number of hydrogen-bond acceptors (Lipinski definition) is 7. The highest BCUT2D eigenvalue weighted by atomic mass is 32.2. The number of anilines is 1. The Kier molecular flexibility index (Phi) is 4.49. The number of nitrogens with one attached hydrogen (secondary N) is 1. The number of rotatable bonds is 5. The first kappa shape index (κ1) is 15.8. The number of aryl methyl sites for hydroxylation is 3. The van der Waals surface area contributed by atoms with Gasteiger partial charge in [0.15, 0.2) is 0 Å². The summed E-state index contributed by atoms with van der Waals surface area (Å²) in [5, 5.41) is 17.3. The zero-order chi connectivity index (χ0) is 16.4. The van der Waals surface area contributed by atoms with Crippen LogP contribution < -0.4 is 5.32 Å². The topological polar surface area (TPSA) is 85.8 Å². The van der Waals surface area contributed by atoms with Crippen LogP contribution in [0.2, 0.25) is 0 Å². The summed E-state index contributed by atoms with van der Waals surface area (Å²) < 4.78 is 7.22. The molecule has 3 aromatic rings. The SMILES string of the molecule is Cc1cc(NC(=O)CSc2nnc(-c3sccc3C)o2)n(C)n1. The molecule has 0 radical (unpaired) electrons. The van der Waals surface area contributed by atoms with Crippen molar-refractivity contribution < 1.29 is 9.21 Å². The van der Waals surface area contributed by atoms with Gasteiger partial charge in [0.05, 0.1) is 16.3 Å². The van der Waals surface area contributed by atoms with Gasteiger partial charge >= 0.3 is 0 Å². The Morgan fingerprint density at radius 3 is 2.91 bits per heavy atom. The quantitative estimate of drug-likeness (QED) is 0.713. The summed E-state index contributed by atoms with van der Waals surface area (Å²) in [6.45, 7) is 3.86. The summed E-state index contributed by atoms with van der Waals surface area (Å²) in [7, 11) is 1.78. The third kappa shape index (κ3) is 3.62. The Labute approximate surface area is 141 Å². The lowest BCUT2D eigenvalue weighted by atomic mass is 10.3. The van der Waals surface area contributed by atoms with Crippen LogP contribution in [0.15, 0.2) is 27.2 Å². The largest absolute Gasteiger partial charge is 0.410 e. The predicted molar refractivity (Wildman–Crippen MR) is 89.6 cm³/mol. The number of aromatic nitrogens is 4. The maximum atomic E-state index is 12.0. The fraction of sp³-hybridized carbons (Fsp3) is 0.286. The normalized spacial score (nSPS) is 10.9. The molecule has 0 aliphatic carbocycles. The molecule has 0 spiro atoms. The molecule has 0 fully saturated rings. The number of nitrogens with zero attached hydrogens (tertiary/aromatic N) is 4. The number of carbonyl (C=O) groups excluding carboxylic acids is 1. The fourth-order valence-electron chi connectivity index (χ4n) is 1.99. The summed E-state index contributed by atoms with van der Waals surface area (Å²) in [4.78, 5) is 12.9. The summed E-state index contributed by atoms with van der Waals surface area (Å²) in [6, 6.07) is 3.81. The lowest BCUT2D eigenvalue weighted by Gasteiger charge is -2.03. The highest BCUT2D eigenvalue weighted by molar-refractivity contribution is 7.99. The monoisotopic (exact) mass is 349 g/mol. The summed E-state index contributed by atoms with van der Waals surface area (Å²) >= 11 is 2.76. The van der Waals surface area contributed by atoms with Crippen molar-refractivity contribution in [3.63, 3.8) is 0 Å². The lowest BCUT2D eigenvalue weighted by molar-refractivity contribution is -0.113. The van der Waals surface area contributed by atoms with E-state index in [9.17, 15) is 4.79 Å². The molecule has 3 heterocycles. The van der Waals surface area contributed by atoms with Crippen molar-refractivity contribution in [2.24, 2.45) is 7.05 Å². The number of hydrogen-bond donors (Lipinski definition) is 1. The van der Waals surface area contributed by atoms with Crippen LogP contribution in [0.4, 0.5) is 5.82 Å². The molecule has 1 N–H and O–H groups in total. The van der Waals surface area contributed by atoms with Crippen LogP contribution in [0.25, 0.3) is 10.8 Å². The Balaban J connectivity index is 1.58. The molecule has 1 amide bonds. The van der Waals surface area contributed by atoms with Crippen molar-refractivity contribution in [3.8, 4) is 10.8 Å². The third-order valence-corrected chi connectivity index (χ3v) is 4.88. The Hall–Kier alpha value is -2.13. The molecular weight excluding hydrogens is 334 g/mol. The molecule has 0 bridgehead atoms. The van der Waals surface area contributed by atoms with E-state index in [0.29, 0.717) is 16.9 Å². The van der Waals surface area contributed by atoms with Gasteiger partial charge in [-0.1, -0.05) is 11.8 Å². The molecule has 23 heavy (non-hydrogen) atoms. The third-order valence-electron chi connectivity index (χ3n) is 3.06. The fourth-order valence-corrected chi connectivity index (χ4v) is 3.39. The van der Waals surface area contributed by atoms with Gasteiger partial charge in [-0.05, 0) is 30.9 Å². The molecule has 7 nitrogen and oxygen atoms in total. The Morgan fingerprint density at radius 1 is 1.43 bits per heavy atom. The second-order valence-corrected chi connectivity index (χ2v) is 6.78. The van der Waals surface area contributed by atoms with Gasteiger partial charge in [0, 0.05) is 13.1 Å². The van der Waals surface area contributed by atoms with Gasteiger partial charge < -0.3 is 9.73 Å². The van der Waals surface area contributed by atoms with Crippen molar-refractivity contribution in [1.29, 1.82) is 0 Å². The van der Waals surface area contributed by atoms with E-state index in [0.717, 1.165) is 16.1 Å². The van der Waals surface area contributed by atoms with Crippen molar-refractivity contribution >= 4 is 34.8 Å². The smallest absolute Gasteiger partial charge is 0.277 e. The van der Waals surface area contributed by atoms with Crippen molar-refractivity contribution in [1.82, 2.24) is 20.0 Å². The van der Waals surface area contributed by atoms with Crippen LogP contribution in [0, 0.1) is 13.8 Å². The van der Waals surface area contributed by atoms with Gasteiger partial charge in [0.1, 0.15) is 5.82 Å². The van der Waals surface area contributed by atoms with Crippen molar-refractivity contribution in [2.45, 2.75) is 19.1 Å². The molecule has 3 rings (SSSR count). The molecule has 0 saturated heterocycles. The van der Waals surface area contributed by atoms with Crippen LogP contribution in [0.1, 0.15) is 11.3 Å². The first-order chi connectivity index (χ1) is 11.0. The lowest BCUT2D eigenvalue weighted by Crippen LogP contribution is -2.16. The number of carbonyl (C=O) groups is 1. The van der Waals surface area contributed by atoms with Crippen molar-refractivity contribution in [2.75, 3.05) is 11.1 Å². The van der Waals surface area contributed by atoms with Crippen LogP contribution in [0.5, 0.6) is 0 Å². The van der Waals surface area contributed by atoms with E-state index >= 15 is 0 Å². The van der Waals surface area contributed by atoms with E-state index in [-0.39, 0.29) is 11.7 Å². The van der Waals surface area contributed by atoms with E-state index in [1.54, 1.807) is 23.1 Å². The van der Waals surface area contributed by atoms with E-state index in [1.807, 2.05) is 31.4 Å². The standard InChI is InChI=1S/C14H15N5O2S2/c1-8-4-5-22-12(8)13-16-17-14(21-13)23-7-11(20)15-10-6-9(2)18-19(10)3/h4-6H,7H2,1-3H3,(H,15,20). The van der Waals surface area contributed by atoms with E-state index in [4.69, 9.17) is 4.42 Å². The van der Waals surface area contributed by atoms with E-state index < -0.39 is 0 Å². The molecule has 3 aromatic heterocycles. The predicted octanol–water partition coefficient (Wildman–Crippen LogP) is 2.88. The minimum atomic E-state index is -0.148. The molecule has 0 unspecified atom stereocenters. The second-order valence-electron chi connectivity index (χ2n) is 4.94. The number of thioether (sulfide) groups is 1. The van der Waals surface area contributed by atoms with Gasteiger partial charge in [-0.15, -0.1) is 21.5 Å². The first-order valence-corrected chi connectivity index (χ1v) is 8.70. The Morgan fingerprint density at radius 2 is 2.26 bits per heavy atom. The average Bonchev–Trinajstić information content (AvgIpc) is 3.18.